The van der Waals surface area contributed by atoms with Crippen LogP contribution >= 0.6 is 0 Å². The van der Waals surface area contributed by atoms with Crippen molar-refractivity contribution in [2.75, 3.05) is 18.1 Å². The van der Waals surface area contributed by atoms with Crippen LogP contribution in [0.4, 0.5) is 5.69 Å². The van der Waals surface area contributed by atoms with E-state index in [9.17, 15) is 9.90 Å². The van der Waals surface area contributed by atoms with Gasteiger partial charge in [-0.2, -0.15) is 0 Å². The summed E-state index contributed by atoms with van der Waals surface area (Å²) < 4.78 is 1.58. The Hall–Kier alpha value is -2.21. The second-order valence-electron chi connectivity index (χ2n) is 4.79. The summed E-state index contributed by atoms with van der Waals surface area (Å²) in [5.41, 5.74) is 2.35. The van der Waals surface area contributed by atoms with Crippen LogP contribution in [0.25, 0.3) is 0 Å². The number of benzene rings is 1. The minimum atomic E-state index is -0.125. The molecule has 0 saturated carbocycles. The molecule has 6 heteroatoms. The van der Waals surface area contributed by atoms with E-state index in [1.807, 2.05) is 31.2 Å². The third-order valence-electron chi connectivity index (χ3n) is 3.67. The molecule has 1 aromatic carbocycles. The van der Waals surface area contributed by atoms with Crippen molar-refractivity contribution in [3.8, 4) is 0 Å². The highest BCUT2D eigenvalue weighted by atomic mass is 16.3. The number of anilines is 1. The molecule has 1 atom stereocenters. The molecule has 0 radical (unpaired) electrons. The zero-order valence-corrected chi connectivity index (χ0v) is 11.2. The number of aliphatic hydroxyl groups excluding tert-OH is 1. The number of hydrogen-bond acceptors (Lipinski definition) is 4. The summed E-state index contributed by atoms with van der Waals surface area (Å²) in [5.74, 6) is -0.152. The number of amides is 1. The van der Waals surface area contributed by atoms with Crippen molar-refractivity contribution in [3.63, 3.8) is 0 Å². The molecular formula is C14H16N4O2. The molecular weight excluding hydrogens is 256 g/mol. The maximum absolute atomic E-state index is 12.7. The number of carbonyl (C=O) groups is 1. The van der Waals surface area contributed by atoms with Crippen molar-refractivity contribution in [1.29, 1.82) is 0 Å². The van der Waals surface area contributed by atoms with E-state index in [0.29, 0.717) is 18.8 Å². The van der Waals surface area contributed by atoms with Crippen LogP contribution in [0.2, 0.25) is 0 Å². The van der Waals surface area contributed by atoms with Crippen molar-refractivity contribution in [2.45, 2.75) is 19.4 Å². The van der Waals surface area contributed by atoms with E-state index in [0.717, 1.165) is 11.3 Å². The lowest BCUT2D eigenvalue weighted by Crippen LogP contribution is -2.32. The van der Waals surface area contributed by atoms with Gasteiger partial charge in [-0.05, 0) is 18.6 Å². The molecule has 6 nitrogen and oxygen atoms in total. The third-order valence-corrected chi connectivity index (χ3v) is 3.67. The minimum Gasteiger partial charge on any atom is -0.396 e. The number of aromatic nitrogens is 3. The number of rotatable bonds is 3. The fraction of sp³-hybridized carbons (Fsp3) is 0.357. The molecule has 1 aliphatic heterocycles. The number of fused-ring (bicyclic) bond motifs is 1. The van der Waals surface area contributed by atoms with Crippen LogP contribution in [0.5, 0.6) is 0 Å². The molecule has 0 bridgehead atoms. The smallest absolute Gasteiger partial charge is 0.278 e. The SMILES string of the molecule is CCn1nncc1C(=O)N1CC(CO)c2ccccc21. The van der Waals surface area contributed by atoms with Gasteiger partial charge < -0.3 is 10.0 Å². The Morgan fingerprint density at radius 3 is 3.00 bits per heavy atom. The lowest BCUT2D eigenvalue weighted by atomic mass is 10.0. The second kappa shape index (κ2) is 5.05. The maximum atomic E-state index is 12.7. The van der Waals surface area contributed by atoms with E-state index in [4.69, 9.17) is 0 Å². The van der Waals surface area contributed by atoms with Gasteiger partial charge in [0.15, 0.2) is 0 Å². The number of hydrogen-bond donors (Lipinski definition) is 1. The Bertz CT molecular complexity index is 638. The predicted molar refractivity (Wildman–Crippen MR) is 73.6 cm³/mol. The maximum Gasteiger partial charge on any atom is 0.278 e. The second-order valence-corrected chi connectivity index (χ2v) is 4.79. The summed E-state index contributed by atoms with van der Waals surface area (Å²) >= 11 is 0. The highest BCUT2D eigenvalue weighted by molar-refractivity contribution is 6.06. The van der Waals surface area contributed by atoms with Crippen molar-refractivity contribution < 1.29 is 9.90 Å². The van der Waals surface area contributed by atoms with Crippen LogP contribution in [0.15, 0.2) is 30.5 Å². The van der Waals surface area contributed by atoms with E-state index in [-0.39, 0.29) is 18.4 Å². The highest BCUT2D eigenvalue weighted by Gasteiger charge is 2.33. The standard InChI is InChI=1S/C14H16N4O2/c1-2-18-13(7-15-16-18)14(20)17-8-10(9-19)11-5-3-4-6-12(11)17/h3-7,10,19H,2,8-9H2,1H3. The van der Waals surface area contributed by atoms with Crippen molar-refractivity contribution in [1.82, 2.24) is 15.0 Å². The first-order valence-corrected chi connectivity index (χ1v) is 6.66. The van der Waals surface area contributed by atoms with E-state index >= 15 is 0 Å². The summed E-state index contributed by atoms with van der Waals surface area (Å²) in [4.78, 5) is 14.4. The van der Waals surface area contributed by atoms with Gasteiger partial charge in [-0.3, -0.25) is 4.79 Å². The first kappa shape index (κ1) is 12.8. The van der Waals surface area contributed by atoms with Crippen LogP contribution in [-0.2, 0) is 6.54 Å². The molecule has 2 heterocycles. The van der Waals surface area contributed by atoms with Gasteiger partial charge in [0, 0.05) is 24.7 Å². The van der Waals surface area contributed by atoms with Crippen molar-refractivity contribution >= 4 is 11.6 Å². The molecule has 1 N–H and O–H groups in total. The Morgan fingerprint density at radius 1 is 1.45 bits per heavy atom. The first-order valence-electron chi connectivity index (χ1n) is 6.66. The molecule has 104 valence electrons. The van der Waals surface area contributed by atoms with Crippen LogP contribution < -0.4 is 4.90 Å². The van der Waals surface area contributed by atoms with Gasteiger partial charge in [-0.1, -0.05) is 23.4 Å². The normalized spacial score (nSPS) is 17.3. The quantitative estimate of drug-likeness (QED) is 0.906. The van der Waals surface area contributed by atoms with Crippen molar-refractivity contribution in [2.24, 2.45) is 0 Å². The van der Waals surface area contributed by atoms with E-state index < -0.39 is 0 Å². The lowest BCUT2D eigenvalue weighted by molar-refractivity contribution is 0.0976. The number of aryl methyl sites for hydroxylation is 1. The van der Waals surface area contributed by atoms with Gasteiger partial charge in [-0.15, -0.1) is 5.10 Å². The average molecular weight is 272 g/mol. The number of para-hydroxylation sites is 1. The molecule has 0 fully saturated rings. The Balaban J connectivity index is 1.98. The number of carbonyl (C=O) groups excluding carboxylic acids is 1. The van der Waals surface area contributed by atoms with Gasteiger partial charge in [0.05, 0.1) is 12.8 Å². The van der Waals surface area contributed by atoms with E-state index in [1.165, 1.54) is 6.20 Å². The van der Waals surface area contributed by atoms with Crippen LogP contribution in [0.3, 0.4) is 0 Å². The largest absolute Gasteiger partial charge is 0.396 e. The zero-order valence-electron chi connectivity index (χ0n) is 11.2. The number of nitrogens with zero attached hydrogens (tertiary/aromatic N) is 4. The third kappa shape index (κ3) is 1.89. The zero-order chi connectivity index (χ0) is 14.1. The molecule has 0 aliphatic carbocycles. The van der Waals surface area contributed by atoms with Gasteiger partial charge in [0.25, 0.3) is 5.91 Å². The molecule has 1 unspecified atom stereocenters. The first-order chi connectivity index (χ1) is 9.76. The van der Waals surface area contributed by atoms with Gasteiger partial charge in [0.1, 0.15) is 5.69 Å². The van der Waals surface area contributed by atoms with Gasteiger partial charge >= 0.3 is 0 Å². The summed E-state index contributed by atoms with van der Waals surface area (Å²) in [6.45, 7) is 3.04. The Kier molecular flexibility index (Phi) is 3.23. The molecule has 2 aromatic rings. The molecule has 1 aromatic heterocycles. The monoisotopic (exact) mass is 272 g/mol. The fourth-order valence-corrected chi connectivity index (χ4v) is 2.64. The number of aliphatic hydroxyl groups is 1. The predicted octanol–water partition coefficient (Wildman–Crippen LogP) is 1.03. The minimum absolute atomic E-state index is 0.0268. The summed E-state index contributed by atoms with van der Waals surface area (Å²) in [6, 6.07) is 7.68. The molecule has 20 heavy (non-hydrogen) atoms. The molecule has 0 spiro atoms. The topological polar surface area (TPSA) is 71.2 Å². The summed E-state index contributed by atoms with van der Waals surface area (Å²) in [7, 11) is 0. The molecule has 1 aliphatic rings. The van der Waals surface area contributed by atoms with E-state index in [2.05, 4.69) is 10.3 Å². The van der Waals surface area contributed by atoms with Crippen molar-refractivity contribution in [3.05, 3.63) is 41.7 Å². The van der Waals surface area contributed by atoms with Crippen LogP contribution in [-0.4, -0.2) is 39.2 Å². The molecule has 3 rings (SSSR count). The van der Waals surface area contributed by atoms with Gasteiger partial charge in [-0.25, -0.2) is 4.68 Å². The summed E-state index contributed by atoms with van der Waals surface area (Å²) in [6.07, 6.45) is 1.49. The Morgan fingerprint density at radius 2 is 2.25 bits per heavy atom. The fourth-order valence-electron chi connectivity index (χ4n) is 2.64. The average Bonchev–Trinajstić information content (AvgIpc) is 3.10. The highest BCUT2D eigenvalue weighted by Crippen LogP contribution is 2.36. The lowest BCUT2D eigenvalue weighted by Gasteiger charge is -2.17. The van der Waals surface area contributed by atoms with Crippen LogP contribution in [0, 0.1) is 0 Å². The van der Waals surface area contributed by atoms with Crippen LogP contribution in [0.1, 0.15) is 28.9 Å². The van der Waals surface area contributed by atoms with E-state index in [1.54, 1.807) is 9.58 Å². The molecule has 0 saturated heterocycles. The Labute approximate surface area is 116 Å². The molecule has 1 amide bonds. The summed E-state index contributed by atoms with van der Waals surface area (Å²) in [5, 5.41) is 17.2. The van der Waals surface area contributed by atoms with Gasteiger partial charge in [0.2, 0.25) is 0 Å².